The van der Waals surface area contributed by atoms with Crippen molar-refractivity contribution in [2.45, 2.75) is 19.4 Å². The summed E-state index contributed by atoms with van der Waals surface area (Å²) in [7, 11) is 0. The number of para-hydroxylation sites is 2. The summed E-state index contributed by atoms with van der Waals surface area (Å²) in [5.74, 6) is 1.88. The van der Waals surface area contributed by atoms with Crippen LogP contribution in [-0.4, -0.2) is 27.9 Å². The van der Waals surface area contributed by atoms with Crippen LogP contribution in [-0.2, 0) is 13.0 Å². The molecule has 4 aromatic rings. The lowest BCUT2D eigenvalue weighted by molar-refractivity contribution is 0.283. The van der Waals surface area contributed by atoms with Crippen LogP contribution >= 0.6 is 0 Å². The average molecular weight is 346 g/mol. The third-order valence-electron chi connectivity index (χ3n) is 4.60. The minimum Gasteiger partial charge on any atom is -0.492 e. The van der Waals surface area contributed by atoms with Gasteiger partial charge in [-0.2, -0.15) is 0 Å². The molecular formula is C22H22N2O2. The van der Waals surface area contributed by atoms with Crippen LogP contribution in [0.25, 0.3) is 21.8 Å². The molecule has 4 nitrogen and oxygen atoms in total. The summed E-state index contributed by atoms with van der Waals surface area (Å²) >= 11 is 0. The predicted octanol–water partition coefficient (Wildman–Crippen LogP) is 4.19. The number of nitrogens with zero attached hydrogens (tertiary/aromatic N) is 2. The quantitative estimate of drug-likeness (QED) is 0.546. The Morgan fingerprint density at radius 2 is 1.73 bits per heavy atom. The molecule has 1 aromatic heterocycles. The van der Waals surface area contributed by atoms with Crippen LogP contribution in [0.3, 0.4) is 0 Å². The van der Waals surface area contributed by atoms with Crippen molar-refractivity contribution in [3.63, 3.8) is 0 Å². The highest BCUT2D eigenvalue weighted by molar-refractivity contribution is 5.83. The molecule has 0 unspecified atom stereocenters. The van der Waals surface area contributed by atoms with Gasteiger partial charge in [-0.15, -0.1) is 0 Å². The Hall–Kier alpha value is -2.85. The van der Waals surface area contributed by atoms with E-state index in [1.807, 2.05) is 36.4 Å². The first-order valence-corrected chi connectivity index (χ1v) is 9.02. The molecule has 3 aromatic carbocycles. The fourth-order valence-electron chi connectivity index (χ4n) is 3.31. The van der Waals surface area contributed by atoms with Crippen molar-refractivity contribution < 1.29 is 9.84 Å². The number of benzene rings is 3. The van der Waals surface area contributed by atoms with Crippen LogP contribution in [0, 0.1) is 0 Å². The standard InChI is InChI=1S/C22H22N2O2/c25-14-5-10-22-23-20-8-3-4-9-21(20)24(22)13-15-26-19-12-11-17-6-1-2-7-18(17)16-19/h1-4,6-9,11-12,16,25H,5,10,13-15H2. The first-order valence-electron chi connectivity index (χ1n) is 9.02. The Morgan fingerprint density at radius 1 is 0.923 bits per heavy atom. The topological polar surface area (TPSA) is 47.3 Å². The zero-order chi connectivity index (χ0) is 17.8. The van der Waals surface area contributed by atoms with Gasteiger partial charge in [-0.1, -0.05) is 42.5 Å². The zero-order valence-corrected chi connectivity index (χ0v) is 14.6. The molecule has 4 rings (SSSR count). The van der Waals surface area contributed by atoms with E-state index in [9.17, 15) is 0 Å². The Morgan fingerprint density at radius 3 is 2.62 bits per heavy atom. The molecule has 132 valence electrons. The monoisotopic (exact) mass is 346 g/mol. The van der Waals surface area contributed by atoms with Gasteiger partial charge < -0.3 is 14.4 Å². The number of aryl methyl sites for hydroxylation is 1. The summed E-state index contributed by atoms with van der Waals surface area (Å²) in [6.45, 7) is 1.48. The lowest BCUT2D eigenvalue weighted by Gasteiger charge is -2.11. The molecule has 0 fully saturated rings. The maximum Gasteiger partial charge on any atom is 0.120 e. The van der Waals surface area contributed by atoms with Gasteiger partial charge in [-0.25, -0.2) is 4.98 Å². The van der Waals surface area contributed by atoms with Gasteiger partial charge in [0, 0.05) is 13.0 Å². The highest BCUT2D eigenvalue weighted by Crippen LogP contribution is 2.21. The van der Waals surface area contributed by atoms with Gasteiger partial charge in [0.1, 0.15) is 18.2 Å². The summed E-state index contributed by atoms with van der Waals surface area (Å²) < 4.78 is 8.20. The molecular weight excluding hydrogens is 324 g/mol. The van der Waals surface area contributed by atoms with Gasteiger partial charge >= 0.3 is 0 Å². The van der Waals surface area contributed by atoms with Crippen LogP contribution in [0.1, 0.15) is 12.2 Å². The number of hydrogen-bond acceptors (Lipinski definition) is 3. The Labute approximate surface area is 152 Å². The van der Waals surface area contributed by atoms with E-state index in [2.05, 4.69) is 34.9 Å². The molecule has 0 aliphatic rings. The Balaban J connectivity index is 1.51. The molecule has 26 heavy (non-hydrogen) atoms. The van der Waals surface area contributed by atoms with Crippen molar-refractivity contribution in [1.82, 2.24) is 9.55 Å². The second kappa shape index (κ2) is 7.58. The Kier molecular flexibility index (Phi) is 4.84. The number of ether oxygens (including phenoxy) is 1. The molecule has 0 aliphatic carbocycles. The molecule has 0 atom stereocenters. The number of aromatic nitrogens is 2. The van der Waals surface area contributed by atoms with E-state index in [4.69, 9.17) is 14.8 Å². The molecule has 0 saturated carbocycles. The van der Waals surface area contributed by atoms with E-state index < -0.39 is 0 Å². The van der Waals surface area contributed by atoms with E-state index in [0.29, 0.717) is 6.61 Å². The highest BCUT2D eigenvalue weighted by atomic mass is 16.5. The Bertz CT molecular complexity index is 1020. The molecule has 0 saturated heterocycles. The van der Waals surface area contributed by atoms with E-state index in [1.165, 1.54) is 10.8 Å². The number of fused-ring (bicyclic) bond motifs is 2. The van der Waals surface area contributed by atoms with E-state index >= 15 is 0 Å². The third-order valence-corrected chi connectivity index (χ3v) is 4.60. The van der Waals surface area contributed by atoms with Crippen molar-refractivity contribution in [2.24, 2.45) is 0 Å². The van der Waals surface area contributed by atoms with Gasteiger partial charge in [-0.05, 0) is 41.5 Å². The summed E-state index contributed by atoms with van der Waals surface area (Å²) in [4.78, 5) is 4.71. The van der Waals surface area contributed by atoms with Crippen LogP contribution < -0.4 is 4.74 Å². The molecule has 4 heteroatoms. The van der Waals surface area contributed by atoms with Gasteiger partial charge in [0.05, 0.1) is 17.6 Å². The SMILES string of the molecule is OCCCc1nc2ccccc2n1CCOc1ccc2ccccc2c1. The first kappa shape index (κ1) is 16.6. The molecule has 0 spiro atoms. The fraction of sp³-hybridized carbons (Fsp3) is 0.227. The maximum atomic E-state index is 9.14. The second-order valence-electron chi connectivity index (χ2n) is 6.35. The van der Waals surface area contributed by atoms with Crippen LogP contribution in [0.2, 0.25) is 0 Å². The largest absolute Gasteiger partial charge is 0.492 e. The number of hydrogen-bond donors (Lipinski definition) is 1. The van der Waals surface area contributed by atoms with Crippen LogP contribution in [0.4, 0.5) is 0 Å². The lowest BCUT2D eigenvalue weighted by Crippen LogP contribution is -2.11. The third kappa shape index (κ3) is 3.41. The van der Waals surface area contributed by atoms with Crippen molar-refractivity contribution >= 4 is 21.8 Å². The lowest BCUT2D eigenvalue weighted by atomic mass is 10.1. The number of aliphatic hydroxyl groups is 1. The molecule has 0 radical (unpaired) electrons. The van der Waals surface area contributed by atoms with Crippen molar-refractivity contribution in [1.29, 1.82) is 0 Å². The number of aliphatic hydroxyl groups excluding tert-OH is 1. The summed E-state index contributed by atoms with van der Waals surface area (Å²) in [6.07, 6.45) is 1.48. The first-order chi connectivity index (χ1) is 12.8. The molecule has 0 bridgehead atoms. The van der Waals surface area contributed by atoms with Crippen molar-refractivity contribution in [3.8, 4) is 5.75 Å². The highest BCUT2D eigenvalue weighted by Gasteiger charge is 2.10. The molecule has 1 N–H and O–H groups in total. The maximum absolute atomic E-state index is 9.14. The van der Waals surface area contributed by atoms with E-state index in [0.717, 1.165) is 42.0 Å². The summed E-state index contributed by atoms with van der Waals surface area (Å²) in [6, 6.07) is 22.6. The van der Waals surface area contributed by atoms with Crippen LogP contribution in [0.5, 0.6) is 5.75 Å². The summed E-state index contributed by atoms with van der Waals surface area (Å²) in [5, 5.41) is 11.5. The van der Waals surface area contributed by atoms with Gasteiger partial charge in [0.15, 0.2) is 0 Å². The van der Waals surface area contributed by atoms with Crippen LogP contribution in [0.15, 0.2) is 66.7 Å². The minimum atomic E-state index is 0.177. The fourth-order valence-corrected chi connectivity index (χ4v) is 3.31. The number of rotatable bonds is 7. The number of imidazole rings is 1. The summed E-state index contributed by atoms with van der Waals surface area (Å²) in [5.41, 5.74) is 2.11. The van der Waals surface area contributed by atoms with Gasteiger partial charge in [0.25, 0.3) is 0 Å². The van der Waals surface area contributed by atoms with Crippen molar-refractivity contribution in [2.75, 3.05) is 13.2 Å². The smallest absolute Gasteiger partial charge is 0.120 e. The van der Waals surface area contributed by atoms with E-state index in [-0.39, 0.29) is 6.61 Å². The second-order valence-corrected chi connectivity index (χ2v) is 6.35. The molecule has 0 aliphatic heterocycles. The minimum absolute atomic E-state index is 0.177. The molecule has 1 heterocycles. The normalized spacial score (nSPS) is 11.3. The van der Waals surface area contributed by atoms with E-state index in [1.54, 1.807) is 0 Å². The van der Waals surface area contributed by atoms with Crippen molar-refractivity contribution in [3.05, 3.63) is 72.6 Å². The average Bonchev–Trinajstić information content (AvgIpc) is 3.04. The zero-order valence-electron chi connectivity index (χ0n) is 14.6. The van der Waals surface area contributed by atoms with Gasteiger partial charge in [0.2, 0.25) is 0 Å². The predicted molar refractivity (Wildman–Crippen MR) is 105 cm³/mol. The van der Waals surface area contributed by atoms with Gasteiger partial charge in [-0.3, -0.25) is 0 Å². The molecule has 0 amide bonds.